The molecule has 108 valence electrons. The number of halogens is 1. The van der Waals surface area contributed by atoms with Crippen molar-refractivity contribution in [3.8, 4) is 11.8 Å². The van der Waals surface area contributed by atoms with Gasteiger partial charge in [-0.15, -0.1) is 0 Å². The van der Waals surface area contributed by atoms with Gasteiger partial charge in [-0.1, -0.05) is 31.0 Å². The highest BCUT2D eigenvalue weighted by Gasteiger charge is 2.15. The van der Waals surface area contributed by atoms with E-state index in [9.17, 15) is 9.59 Å². The van der Waals surface area contributed by atoms with E-state index in [-0.39, 0.29) is 5.15 Å². The van der Waals surface area contributed by atoms with E-state index < -0.39 is 11.2 Å². The molecule has 2 aromatic rings. The van der Waals surface area contributed by atoms with Crippen molar-refractivity contribution < 1.29 is 0 Å². The lowest BCUT2D eigenvalue weighted by molar-refractivity contribution is 0.808. The van der Waals surface area contributed by atoms with Crippen LogP contribution < -0.4 is 11.2 Å². The van der Waals surface area contributed by atoms with Gasteiger partial charge in [0, 0.05) is 0 Å². The average Bonchev–Trinajstić information content (AvgIpc) is 2.45. The lowest BCUT2D eigenvalue weighted by Crippen LogP contribution is -2.36. The fraction of sp³-hybridized carbons (Fsp3) is 0.267. The predicted octanol–water partition coefficient (Wildman–Crippen LogP) is 2.31. The first kappa shape index (κ1) is 15.1. The number of aromatic nitrogens is 2. The largest absolute Gasteiger partial charge is 0.334 e. The van der Waals surface area contributed by atoms with E-state index >= 15 is 0 Å². The number of aromatic amines is 1. The van der Waals surface area contributed by atoms with Crippen LogP contribution in [0, 0.1) is 18.3 Å². The van der Waals surface area contributed by atoms with Crippen molar-refractivity contribution in [2.45, 2.75) is 26.7 Å². The summed E-state index contributed by atoms with van der Waals surface area (Å²) in [6.07, 6.45) is 1.21. The molecule has 5 nitrogen and oxygen atoms in total. The fourth-order valence-corrected chi connectivity index (χ4v) is 2.41. The van der Waals surface area contributed by atoms with Gasteiger partial charge in [0.15, 0.2) is 0 Å². The van der Waals surface area contributed by atoms with E-state index in [4.69, 9.17) is 16.9 Å². The van der Waals surface area contributed by atoms with Crippen LogP contribution in [0.3, 0.4) is 0 Å². The van der Waals surface area contributed by atoms with Gasteiger partial charge in [-0.25, -0.2) is 9.36 Å². The van der Waals surface area contributed by atoms with Gasteiger partial charge in [0.05, 0.1) is 22.9 Å². The number of rotatable bonds is 3. The van der Waals surface area contributed by atoms with Crippen LogP contribution in [-0.4, -0.2) is 9.55 Å². The minimum Gasteiger partial charge on any atom is -0.297 e. The van der Waals surface area contributed by atoms with Gasteiger partial charge in [-0.05, 0) is 31.0 Å². The van der Waals surface area contributed by atoms with Gasteiger partial charge >= 0.3 is 5.69 Å². The van der Waals surface area contributed by atoms with Gasteiger partial charge in [-0.2, -0.15) is 5.26 Å². The number of hydrogen-bond donors (Lipinski definition) is 1. The first-order valence-electron chi connectivity index (χ1n) is 6.54. The third kappa shape index (κ3) is 2.76. The highest BCUT2D eigenvalue weighted by molar-refractivity contribution is 6.30. The smallest absolute Gasteiger partial charge is 0.297 e. The Morgan fingerprint density at radius 1 is 1.38 bits per heavy atom. The molecule has 0 spiro atoms. The Morgan fingerprint density at radius 2 is 2.10 bits per heavy atom. The molecule has 0 bridgehead atoms. The molecule has 6 heteroatoms. The van der Waals surface area contributed by atoms with Crippen LogP contribution in [0.1, 0.15) is 30.0 Å². The second kappa shape index (κ2) is 5.98. The zero-order chi connectivity index (χ0) is 15.6. The van der Waals surface area contributed by atoms with Gasteiger partial charge in [0.25, 0.3) is 5.56 Å². The monoisotopic (exact) mass is 303 g/mol. The molecule has 1 aromatic heterocycles. The fourth-order valence-electron chi connectivity index (χ4n) is 2.15. The zero-order valence-electron chi connectivity index (χ0n) is 11.7. The summed E-state index contributed by atoms with van der Waals surface area (Å²) < 4.78 is 1.03. The second-order valence-electron chi connectivity index (χ2n) is 4.73. The number of nitrogens with one attached hydrogen (secondary N) is 1. The minimum atomic E-state index is -0.608. The number of hydrogen-bond acceptors (Lipinski definition) is 3. The van der Waals surface area contributed by atoms with Gasteiger partial charge < -0.3 is 0 Å². The van der Waals surface area contributed by atoms with Crippen LogP contribution in [0.5, 0.6) is 0 Å². The molecule has 0 saturated carbocycles. The zero-order valence-corrected chi connectivity index (χ0v) is 12.5. The van der Waals surface area contributed by atoms with E-state index in [0.29, 0.717) is 23.2 Å². The van der Waals surface area contributed by atoms with Gasteiger partial charge in [0.2, 0.25) is 0 Å². The first-order valence-corrected chi connectivity index (χ1v) is 6.92. The minimum absolute atomic E-state index is 0.0807. The molecule has 0 saturated heterocycles. The van der Waals surface area contributed by atoms with E-state index in [1.165, 1.54) is 6.07 Å². The molecule has 1 N–H and O–H groups in total. The second-order valence-corrected chi connectivity index (χ2v) is 5.10. The predicted molar refractivity (Wildman–Crippen MR) is 81.1 cm³/mol. The van der Waals surface area contributed by atoms with E-state index in [1.54, 1.807) is 19.1 Å². The SMILES string of the molecule is CCCc1c(Cl)[nH]c(=O)n(-c2cc(C#N)ccc2C)c1=O. The lowest BCUT2D eigenvalue weighted by atomic mass is 10.1. The summed E-state index contributed by atoms with van der Waals surface area (Å²) in [6, 6.07) is 6.87. The summed E-state index contributed by atoms with van der Waals surface area (Å²) >= 11 is 5.95. The third-order valence-corrected chi connectivity index (χ3v) is 3.55. The van der Waals surface area contributed by atoms with Crippen molar-refractivity contribution >= 4 is 11.6 Å². The van der Waals surface area contributed by atoms with Crippen molar-refractivity contribution in [2.24, 2.45) is 0 Å². The number of H-pyrrole nitrogens is 1. The van der Waals surface area contributed by atoms with E-state index in [1.807, 2.05) is 13.0 Å². The van der Waals surface area contributed by atoms with Crippen molar-refractivity contribution in [1.29, 1.82) is 5.26 Å². The Bertz CT molecular complexity index is 843. The highest BCUT2D eigenvalue weighted by Crippen LogP contribution is 2.15. The number of benzene rings is 1. The molecule has 2 rings (SSSR count). The maximum absolute atomic E-state index is 12.5. The molecule has 0 aliphatic rings. The topological polar surface area (TPSA) is 78.7 Å². The molecular formula is C15H14ClN3O2. The molecule has 1 heterocycles. The summed E-state index contributed by atoms with van der Waals surface area (Å²) in [4.78, 5) is 27.1. The summed E-state index contributed by atoms with van der Waals surface area (Å²) in [5, 5.41) is 9.06. The van der Waals surface area contributed by atoms with Crippen LogP contribution in [0.25, 0.3) is 5.69 Å². The van der Waals surface area contributed by atoms with Crippen LogP contribution in [-0.2, 0) is 6.42 Å². The van der Waals surface area contributed by atoms with E-state index in [0.717, 1.165) is 16.6 Å². The van der Waals surface area contributed by atoms with Crippen LogP contribution in [0.15, 0.2) is 27.8 Å². The first-order chi connectivity index (χ1) is 9.99. The maximum Gasteiger partial charge on any atom is 0.334 e. The molecule has 0 atom stereocenters. The van der Waals surface area contributed by atoms with Crippen molar-refractivity contribution in [3.05, 3.63) is 60.9 Å². The molecule has 0 aliphatic carbocycles. The Balaban J connectivity index is 2.82. The van der Waals surface area contributed by atoms with Crippen LogP contribution in [0.2, 0.25) is 5.15 Å². The van der Waals surface area contributed by atoms with Gasteiger partial charge in [-0.3, -0.25) is 9.78 Å². The van der Waals surface area contributed by atoms with Crippen LogP contribution in [0.4, 0.5) is 0 Å². The van der Waals surface area contributed by atoms with Crippen molar-refractivity contribution in [2.75, 3.05) is 0 Å². The maximum atomic E-state index is 12.5. The molecule has 0 unspecified atom stereocenters. The third-order valence-electron chi connectivity index (χ3n) is 3.23. The summed E-state index contributed by atoms with van der Waals surface area (Å²) in [6.45, 7) is 3.70. The Morgan fingerprint density at radius 3 is 2.71 bits per heavy atom. The van der Waals surface area contributed by atoms with Crippen molar-refractivity contribution in [1.82, 2.24) is 9.55 Å². The Labute approximate surface area is 126 Å². The average molecular weight is 304 g/mol. The normalized spacial score (nSPS) is 10.4. The molecule has 0 amide bonds. The highest BCUT2D eigenvalue weighted by atomic mass is 35.5. The molecule has 1 aromatic carbocycles. The number of nitrogens with zero attached hydrogens (tertiary/aromatic N) is 2. The lowest BCUT2D eigenvalue weighted by Gasteiger charge is -2.11. The molecule has 0 fully saturated rings. The molecule has 21 heavy (non-hydrogen) atoms. The number of nitriles is 1. The van der Waals surface area contributed by atoms with Crippen LogP contribution >= 0.6 is 11.6 Å². The summed E-state index contributed by atoms with van der Waals surface area (Å²) in [7, 11) is 0. The summed E-state index contributed by atoms with van der Waals surface area (Å²) in [5.74, 6) is 0. The van der Waals surface area contributed by atoms with E-state index in [2.05, 4.69) is 4.98 Å². The van der Waals surface area contributed by atoms with Gasteiger partial charge in [0.1, 0.15) is 5.15 Å². The Kier molecular flexibility index (Phi) is 4.29. The summed E-state index contributed by atoms with van der Waals surface area (Å²) in [5.41, 5.74) is 0.835. The quantitative estimate of drug-likeness (QED) is 0.884. The molecule has 0 radical (unpaired) electrons. The molecular weight excluding hydrogens is 290 g/mol. The number of aryl methyl sites for hydroxylation is 1. The molecule has 0 aliphatic heterocycles. The standard InChI is InChI=1S/C15H14ClN3O2/c1-3-4-11-13(16)18-15(21)19(14(11)20)12-7-10(8-17)6-5-9(12)2/h5-7H,3-4H2,1-2H3,(H,18,21). The Hall–Kier alpha value is -2.32. The van der Waals surface area contributed by atoms with Crippen molar-refractivity contribution in [3.63, 3.8) is 0 Å².